The summed E-state index contributed by atoms with van der Waals surface area (Å²) in [6.45, 7) is 6.08. The van der Waals surface area contributed by atoms with Crippen LogP contribution in [0.25, 0.3) is 11.0 Å². The molecule has 0 saturated carbocycles. The van der Waals surface area contributed by atoms with E-state index in [1.54, 1.807) is 36.2 Å². The van der Waals surface area contributed by atoms with Gasteiger partial charge in [0.1, 0.15) is 11.6 Å². The van der Waals surface area contributed by atoms with E-state index in [4.69, 9.17) is 9.47 Å². The zero-order valence-electron chi connectivity index (χ0n) is 20.3. The highest BCUT2D eigenvalue weighted by Crippen LogP contribution is 2.40. The summed E-state index contributed by atoms with van der Waals surface area (Å²) in [6.07, 6.45) is 5.58. The van der Waals surface area contributed by atoms with Gasteiger partial charge in [-0.2, -0.15) is 0 Å². The van der Waals surface area contributed by atoms with Crippen molar-refractivity contribution in [3.05, 3.63) is 46.8 Å². The highest BCUT2D eigenvalue weighted by molar-refractivity contribution is 5.94. The number of carbonyl (C=O) groups excluding carboxylic acids is 1. The number of ether oxygens (including phenoxy) is 2. The third-order valence-electron chi connectivity index (χ3n) is 7.51. The maximum atomic E-state index is 12.6. The van der Waals surface area contributed by atoms with E-state index in [1.807, 2.05) is 6.07 Å². The lowest BCUT2D eigenvalue weighted by Gasteiger charge is -2.25. The lowest BCUT2D eigenvalue weighted by Crippen LogP contribution is -2.33. The van der Waals surface area contributed by atoms with Gasteiger partial charge in [0.05, 0.1) is 37.1 Å². The first-order valence-electron chi connectivity index (χ1n) is 12.3. The number of hydrogen-bond donors (Lipinski definition) is 1. The topological polar surface area (TPSA) is 115 Å². The van der Waals surface area contributed by atoms with Gasteiger partial charge in [0.25, 0.3) is 11.5 Å². The Labute approximate surface area is 208 Å². The molecular formula is C25H29N7O4. The van der Waals surface area contributed by atoms with Crippen molar-refractivity contribution in [2.24, 2.45) is 5.41 Å². The molecule has 1 spiro atoms. The monoisotopic (exact) mass is 491 g/mol. The SMILES string of the molecule is COc1cnc2ccc(=O)n(CCN3CCC4(CCN(Cc5ncc6c(n5)NC(=O)CO6)C4)C3)c2c1. The van der Waals surface area contributed by atoms with Crippen molar-refractivity contribution < 1.29 is 14.3 Å². The van der Waals surface area contributed by atoms with Crippen LogP contribution in [-0.2, 0) is 17.9 Å². The van der Waals surface area contributed by atoms with Gasteiger partial charge in [0.2, 0.25) is 0 Å². The first-order chi connectivity index (χ1) is 17.5. The molecule has 0 bridgehead atoms. The van der Waals surface area contributed by atoms with Crippen molar-refractivity contribution in [3.63, 3.8) is 0 Å². The molecule has 188 valence electrons. The molecule has 3 aliphatic heterocycles. The summed E-state index contributed by atoms with van der Waals surface area (Å²) in [5, 5.41) is 2.75. The Morgan fingerprint density at radius 2 is 1.92 bits per heavy atom. The number of rotatable bonds is 6. The first kappa shape index (κ1) is 22.9. The first-order valence-corrected chi connectivity index (χ1v) is 12.3. The summed E-state index contributed by atoms with van der Waals surface area (Å²) in [6, 6.07) is 5.23. The molecule has 1 atom stereocenters. The quantitative estimate of drug-likeness (QED) is 0.542. The van der Waals surface area contributed by atoms with Crippen LogP contribution in [0.1, 0.15) is 18.7 Å². The normalized spacial score (nSPS) is 22.1. The molecule has 3 aromatic rings. The van der Waals surface area contributed by atoms with E-state index >= 15 is 0 Å². The molecule has 6 rings (SSSR count). The Bertz CT molecular complexity index is 1380. The summed E-state index contributed by atoms with van der Waals surface area (Å²) in [7, 11) is 1.60. The van der Waals surface area contributed by atoms with Crippen molar-refractivity contribution in [2.75, 3.05) is 51.8 Å². The number of nitrogens with zero attached hydrogens (tertiary/aromatic N) is 6. The molecule has 6 heterocycles. The number of aromatic nitrogens is 4. The van der Waals surface area contributed by atoms with Crippen LogP contribution in [0.15, 0.2) is 35.4 Å². The van der Waals surface area contributed by atoms with Gasteiger partial charge in [-0.25, -0.2) is 9.97 Å². The molecule has 1 N–H and O–H groups in total. The van der Waals surface area contributed by atoms with Crippen LogP contribution in [0.3, 0.4) is 0 Å². The van der Waals surface area contributed by atoms with E-state index in [9.17, 15) is 9.59 Å². The fourth-order valence-electron chi connectivity index (χ4n) is 5.64. The molecule has 0 aromatic carbocycles. The molecule has 2 saturated heterocycles. The maximum absolute atomic E-state index is 12.6. The van der Waals surface area contributed by atoms with E-state index in [2.05, 4.69) is 30.1 Å². The molecule has 0 aliphatic carbocycles. The van der Waals surface area contributed by atoms with Crippen molar-refractivity contribution >= 4 is 22.8 Å². The Morgan fingerprint density at radius 3 is 2.78 bits per heavy atom. The fraction of sp³-hybridized carbons (Fsp3) is 0.480. The molecule has 2 fully saturated rings. The average molecular weight is 492 g/mol. The number of hydrogen-bond acceptors (Lipinski definition) is 9. The zero-order chi connectivity index (χ0) is 24.7. The van der Waals surface area contributed by atoms with Crippen LogP contribution in [-0.4, -0.2) is 81.7 Å². The summed E-state index contributed by atoms with van der Waals surface area (Å²) in [4.78, 5) is 42.4. The van der Waals surface area contributed by atoms with Crippen LogP contribution < -0.4 is 20.3 Å². The van der Waals surface area contributed by atoms with Crippen molar-refractivity contribution in [1.82, 2.24) is 29.3 Å². The molecule has 11 heteroatoms. The molecule has 11 nitrogen and oxygen atoms in total. The number of amides is 1. The largest absolute Gasteiger partial charge is 0.495 e. The van der Waals surface area contributed by atoms with E-state index in [1.165, 1.54) is 0 Å². The molecular weight excluding hydrogens is 462 g/mol. The fourth-order valence-corrected chi connectivity index (χ4v) is 5.64. The number of pyridine rings is 2. The second-order valence-electron chi connectivity index (χ2n) is 9.93. The van der Waals surface area contributed by atoms with E-state index in [0.29, 0.717) is 36.2 Å². The van der Waals surface area contributed by atoms with Gasteiger partial charge in [-0.3, -0.25) is 19.5 Å². The Kier molecular flexibility index (Phi) is 5.81. The zero-order valence-corrected chi connectivity index (χ0v) is 20.3. The smallest absolute Gasteiger partial charge is 0.263 e. The molecule has 1 amide bonds. The van der Waals surface area contributed by atoms with Gasteiger partial charge in [-0.15, -0.1) is 0 Å². The number of likely N-dealkylation sites (tertiary alicyclic amines) is 2. The second kappa shape index (κ2) is 9.14. The standard InChI is InChI=1S/C25H29N7O4/c1-35-17-10-19-18(26-11-17)2-3-23(34)32(19)9-8-30-6-4-25(15-30)5-7-31(16-25)13-21-27-12-20-24(28-21)29-22(33)14-36-20/h2-3,10-12H,4-9,13-16H2,1H3,(H,27,28,29,33). The third-order valence-corrected chi connectivity index (χ3v) is 7.51. The van der Waals surface area contributed by atoms with Crippen molar-refractivity contribution in [1.29, 1.82) is 0 Å². The van der Waals surface area contributed by atoms with Crippen molar-refractivity contribution in [3.8, 4) is 11.5 Å². The summed E-state index contributed by atoms with van der Waals surface area (Å²) >= 11 is 0. The van der Waals surface area contributed by atoms with Crippen LogP contribution in [0.5, 0.6) is 11.5 Å². The minimum Gasteiger partial charge on any atom is -0.495 e. The molecule has 0 radical (unpaired) electrons. The lowest BCUT2D eigenvalue weighted by atomic mass is 9.86. The highest BCUT2D eigenvalue weighted by atomic mass is 16.5. The Hall–Kier alpha value is -3.57. The highest BCUT2D eigenvalue weighted by Gasteiger charge is 2.43. The van der Waals surface area contributed by atoms with Gasteiger partial charge in [0, 0.05) is 38.3 Å². The second-order valence-corrected chi connectivity index (χ2v) is 9.93. The third kappa shape index (κ3) is 4.40. The molecule has 36 heavy (non-hydrogen) atoms. The average Bonchev–Trinajstić information content (AvgIpc) is 3.48. The minimum absolute atomic E-state index is 0.00106. The van der Waals surface area contributed by atoms with Crippen LogP contribution in [0, 0.1) is 5.41 Å². The number of nitrogens with one attached hydrogen (secondary N) is 1. The van der Waals surface area contributed by atoms with Gasteiger partial charge in [0.15, 0.2) is 18.2 Å². The summed E-state index contributed by atoms with van der Waals surface area (Å²) in [5.41, 5.74) is 1.81. The van der Waals surface area contributed by atoms with Crippen LogP contribution in [0.2, 0.25) is 0 Å². The minimum atomic E-state index is -0.195. The maximum Gasteiger partial charge on any atom is 0.263 e. The van der Waals surface area contributed by atoms with Gasteiger partial charge >= 0.3 is 0 Å². The van der Waals surface area contributed by atoms with Crippen LogP contribution >= 0.6 is 0 Å². The number of carbonyl (C=O) groups is 1. The molecule has 3 aliphatic rings. The summed E-state index contributed by atoms with van der Waals surface area (Å²) < 4.78 is 12.5. The van der Waals surface area contributed by atoms with Gasteiger partial charge in [-0.05, 0) is 37.4 Å². The van der Waals surface area contributed by atoms with E-state index in [-0.39, 0.29) is 23.5 Å². The predicted molar refractivity (Wildman–Crippen MR) is 132 cm³/mol. The number of fused-ring (bicyclic) bond motifs is 2. The Morgan fingerprint density at radius 1 is 1.08 bits per heavy atom. The van der Waals surface area contributed by atoms with Crippen molar-refractivity contribution in [2.45, 2.75) is 25.9 Å². The number of anilines is 1. The Balaban J connectivity index is 1.08. The van der Waals surface area contributed by atoms with E-state index in [0.717, 1.165) is 56.6 Å². The predicted octanol–water partition coefficient (Wildman–Crippen LogP) is 1.12. The lowest BCUT2D eigenvalue weighted by molar-refractivity contribution is -0.118. The van der Waals surface area contributed by atoms with Crippen LogP contribution in [0.4, 0.5) is 5.82 Å². The molecule has 1 unspecified atom stereocenters. The summed E-state index contributed by atoms with van der Waals surface area (Å²) in [5.74, 6) is 2.10. The van der Waals surface area contributed by atoms with Gasteiger partial charge in [-0.1, -0.05) is 0 Å². The molecule has 3 aromatic heterocycles. The van der Waals surface area contributed by atoms with E-state index < -0.39 is 0 Å². The van der Waals surface area contributed by atoms with Gasteiger partial charge < -0.3 is 24.3 Å². The number of methoxy groups -OCH3 is 1.